The van der Waals surface area contributed by atoms with Crippen molar-refractivity contribution in [1.82, 2.24) is 0 Å². The normalized spacial score (nSPS) is 15.3. The molecule has 78 valence electrons. The predicted molar refractivity (Wildman–Crippen MR) is 44.9 cm³/mol. The van der Waals surface area contributed by atoms with Crippen LogP contribution >= 0.6 is 0 Å². The van der Waals surface area contributed by atoms with E-state index in [1.54, 1.807) is 0 Å². The average Bonchev–Trinajstić information content (AvgIpc) is 2.10. The number of aliphatic hydroxyl groups is 1. The van der Waals surface area contributed by atoms with Crippen molar-refractivity contribution in [3.05, 3.63) is 35.1 Å². The molecule has 0 radical (unpaired) electrons. The fourth-order valence-corrected chi connectivity index (χ4v) is 1.05. The molecule has 0 aliphatic heterocycles. The van der Waals surface area contributed by atoms with E-state index in [9.17, 15) is 13.2 Å². The molecule has 2 nitrogen and oxygen atoms in total. The molecule has 0 saturated heterocycles. The Bertz CT molecular complexity index is 341. The summed E-state index contributed by atoms with van der Waals surface area (Å²) in [5, 5.41) is 9.05. The van der Waals surface area contributed by atoms with E-state index in [4.69, 9.17) is 10.8 Å². The number of hydrogen-bond acceptors (Lipinski definition) is 2. The molecule has 1 rings (SSSR count). The van der Waals surface area contributed by atoms with Crippen LogP contribution in [0.25, 0.3) is 0 Å². The Morgan fingerprint density at radius 2 is 1.64 bits per heavy atom. The zero-order valence-electron chi connectivity index (χ0n) is 7.47. The number of hydrogen-bond donors (Lipinski definition) is 2. The first-order valence-corrected chi connectivity index (χ1v) is 4.01. The maximum Gasteiger partial charge on any atom is 0.161 e. The van der Waals surface area contributed by atoms with E-state index in [0.29, 0.717) is 12.1 Å². The monoisotopic (exact) mass is 205 g/mol. The molecule has 0 unspecified atom stereocenters. The van der Waals surface area contributed by atoms with Gasteiger partial charge in [-0.05, 0) is 13.0 Å². The highest BCUT2D eigenvalue weighted by Crippen LogP contribution is 2.20. The summed E-state index contributed by atoms with van der Waals surface area (Å²) in [5.74, 6) is -3.42. The Labute approximate surface area is 79.2 Å². The average molecular weight is 205 g/mol. The van der Waals surface area contributed by atoms with Crippen molar-refractivity contribution in [1.29, 1.82) is 0 Å². The van der Waals surface area contributed by atoms with Crippen molar-refractivity contribution < 1.29 is 18.3 Å². The minimum atomic E-state index is -1.27. The van der Waals surface area contributed by atoms with Crippen LogP contribution in [-0.2, 0) is 0 Å². The molecule has 0 spiro atoms. The third-order valence-corrected chi connectivity index (χ3v) is 1.92. The van der Waals surface area contributed by atoms with Crippen LogP contribution in [0.1, 0.15) is 18.5 Å². The van der Waals surface area contributed by atoms with Crippen LogP contribution in [0, 0.1) is 17.5 Å². The zero-order valence-corrected chi connectivity index (χ0v) is 7.47. The second kappa shape index (κ2) is 3.98. The molecule has 2 atom stereocenters. The molecule has 0 saturated carbocycles. The fourth-order valence-electron chi connectivity index (χ4n) is 1.05. The van der Waals surface area contributed by atoms with Gasteiger partial charge >= 0.3 is 0 Å². The first-order valence-electron chi connectivity index (χ1n) is 4.01. The van der Waals surface area contributed by atoms with Gasteiger partial charge in [-0.3, -0.25) is 0 Å². The van der Waals surface area contributed by atoms with E-state index in [2.05, 4.69) is 0 Å². The van der Waals surface area contributed by atoms with E-state index in [-0.39, 0.29) is 5.56 Å². The molecule has 0 aromatic heterocycles. The summed E-state index contributed by atoms with van der Waals surface area (Å²) in [6.45, 7) is 1.34. The highest BCUT2D eigenvalue weighted by atomic mass is 19.2. The summed E-state index contributed by atoms with van der Waals surface area (Å²) in [6.07, 6.45) is -1.03. The van der Waals surface area contributed by atoms with Crippen LogP contribution in [0.4, 0.5) is 13.2 Å². The topological polar surface area (TPSA) is 46.2 Å². The third-order valence-electron chi connectivity index (χ3n) is 1.92. The molecule has 3 N–H and O–H groups in total. The second-order valence-electron chi connectivity index (χ2n) is 3.05. The van der Waals surface area contributed by atoms with Gasteiger partial charge in [0.05, 0.1) is 12.1 Å². The standard InChI is InChI=1S/C9H10F3NO/c1-4(14)9(13)5-2-7(11)8(12)3-6(5)10/h2-4,9,14H,13H2,1H3/t4-,9-/m1/s1. The molecule has 1 aromatic carbocycles. The first-order chi connectivity index (χ1) is 6.43. The van der Waals surface area contributed by atoms with Gasteiger partial charge in [0, 0.05) is 11.6 Å². The number of aliphatic hydroxyl groups excluding tert-OH is 1. The van der Waals surface area contributed by atoms with Crippen LogP contribution in [-0.4, -0.2) is 11.2 Å². The highest BCUT2D eigenvalue weighted by Gasteiger charge is 2.19. The number of nitrogens with two attached hydrogens (primary N) is 1. The smallest absolute Gasteiger partial charge is 0.161 e. The first kappa shape index (κ1) is 11.0. The van der Waals surface area contributed by atoms with E-state index in [1.165, 1.54) is 6.92 Å². The minimum absolute atomic E-state index is 0.237. The van der Waals surface area contributed by atoms with Crippen molar-refractivity contribution >= 4 is 0 Å². The molecule has 0 fully saturated rings. The van der Waals surface area contributed by atoms with E-state index >= 15 is 0 Å². The molecule has 14 heavy (non-hydrogen) atoms. The van der Waals surface area contributed by atoms with Crippen molar-refractivity contribution in [2.75, 3.05) is 0 Å². The Hall–Kier alpha value is -1.07. The quantitative estimate of drug-likeness (QED) is 0.718. The summed E-state index contributed by atoms with van der Waals surface area (Å²) >= 11 is 0. The van der Waals surface area contributed by atoms with Crippen molar-refractivity contribution in [2.45, 2.75) is 19.1 Å². The van der Waals surface area contributed by atoms with Crippen LogP contribution in [0.2, 0.25) is 0 Å². The van der Waals surface area contributed by atoms with Crippen molar-refractivity contribution in [2.24, 2.45) is 5.73 Å². The SMILES string of the molecule is C[C@@H](O)[C@@H](N)c1cc(F)c(F)cc1F. The van der Waals surface area contributed by atoms with Crippen LogP contribution in [0.5, 0.6) is 0 Å². The van der Waals surface area contributed by atoms with Gasteiger partial charge < -0.3 is 10.8 Å². The molecule has 5 heteroatoms. The molecular weight excluding hydrogens is 195 g/mol. The largest absolute Gasteiger partial charge is 0.391 e. The molecular formula is C9H10F3NO. The van der Waals surface area contributed by atoms with E-state index in [1.807, 2.05) is 0 Å². The lowest BCUT2D eigenvalue weighted by Crippen LogP contribution is -2.24. The lowest BCUT2D eigenvalue weighted by Gasteiger charge is -2.15. The maximum atomic E-state index is 13.0. The van der Waals surface area contributed by atoms with Gasteiger partial charge in [0.15, 0.2) is 11.6 Å². The highest BCUT2D eigenvalue weighted by molar-refractivity contribution is 5.23. The summed E-state index contributed by atoms with van der Waals surface area (Å²) in [5.41, 5.74) is 5.14. The zero-order chi connectivity index (χ0) is 10.9. The summed E-state index contributed by atoms with van der Waals surface area (Å²) < 4.78 is 38.3. The molecule has 0 aliphatic rings. The van der Waals surface area contributed by atoms with Gasteiger partial charge in [0.1, 0.15) is 5.82 Å². The van der Waals surface area contributed by atoms with Gasteiger partial charge in [-0.15, -0.1) is 0 Å². The van der Waals surface area contributed by atoms with Crippen LogP contribution < -0.4 is 5.73 Å². The molecule has 0 amide bonds. The Morgan fingerprint density at radius 3 is 2.14 bits per heavy atom. The van der Waals surface area contributed by atoms with Crippen molar-refractivity contribution in [3.63, 3.8) is 0 Å². The van der Waals surface area contributed by atoms with E-state index in [0.717, 1.165) is 0 Å². The number of halogens is 3. The molecule has 0 bridgehead atoms. The van der Waals surface area contributed by atoms with Gasteiger partial charge in [0.2, 0.25) is 0 Å². The van der Waals surface area contributed by atoms with E-state index < -0.39 is 29.6 Å². The van der Waals surface area contributed by atoms with Gasteiger partial charge in [-0.2, -0.15) is 0 Å². The lowest BCUT2D eigenvalue weighted by atomic mass is 10.0. The Balaban J connectivity index is 3.15. The summed E-state index contributed by atoms with van der Waals surface area (Å²) in [6, 6.07) is -0.000278. The minimum Gasteiger partial charge on any atom is -0.391 e. The molecule has 1 aromatic rings. The van der Waals surface area contributed by atoms with Crippen molar-refractivity contribution in [3.8, 4) is 0 Å². The molecule has 0 aliphatic carbocycles. The maximum absolute atomic E-state index is 13.0. The second-order valence-corrected chi connectivity index (χ2v) is 3.05. The summed E-state index contributed by atoms with van der Waals surface area (Å²) in [4.78, 5) is 0. The summed E-state index contributed by atoms with van der Waals surface area (Å²) in [7, 11) is 0. The van der Waals surface area contributed by atoms with Gasteiger partial charge in [-0.1, -0.05) is 0 Å². The van der Waals surface area contributed by atoms with Gasteiger partial charge in [-0.25, -0.2) is 13.2 Å². The van der Waals surface area contributed by atoms with Crippen LogP contribution in [0.3, 0.4) is 0 Å². The fraction of sp³-hybridized carbons (Fsp3) is 0.333. The van der Waals surface area contributed by atoms with Gasteiger partial charge in [0.25, 0.3) is 0 Å². The van der Waals surface area contributed by atoms with Crippen LogP contribution in [0.15, 0.2) is 12.1 Å². The Kier molecular flexibility index (Phi) is 3.13. The lowest BCUT2D eigenvalue weighted by molar-refractivity contribution is 0.162. The predicted octanol–water partition coefficient (Wildman–Crippen LogP) is 1.48. The number of benzene rings is 1. The third kappa shape index (κ3) is 2.05. The number of rotatable bonds is 2. The Morgan fingerprint density at radius 1 is 1.14 bits per heavy atom. The molecule has 0 heterocycles.